The van der Waals surface area contributed by atoms with Gasteiger partial charge in [0, 0.05) is 13.0 Å². The van der Waals surface area contributed by atoms with Crippen LogP contribution >= 0.6 is 0 Å². The minimum Gasteiger partial charge on any atom is -0.467 e. The van der Waals surface area contributed by atoms with E-state index < -0.39 is 52.3 Å². The number of rotatable bonds is 4. The minimum absolute atomic E-state index is 0.237. The van der Waals surface area contributed by atoms with Crippen LogP contribution in [-0.2, 0) is 28.6 Å². The Bertz CT molecular complexity index is 613. The summed E-state index contributed by atoms with van der Waals surface area (Å²) in [5, 5.41) is 0. The highest BCUT2D eigenvalue weighted by molar-refractivity contribution is 7.86. The fraction of sp³-hybridized carbons (Fsp3) is 0.833. The maximum atomic E-state index is 13.1. The number of hydrogen-bond donors (Lipinski definition) is 0. The van der Waals surface area contributed by atoms with Crippen molar-refractivity contribution in [3.05, 3.63) is 0 Å². The fourth-order valence-corrected chi connectivity index (χ4v) is 3.35. The van der Waals surface area contributed by atoms with Crippen LogP contribution in [-0.4, -0.2) is 63.4 Å². The molecule has 0 aromatic rings. The SMILES string of the molecule is COC(=O)[C@@H]1C[C@@H](OS(C)(=O)=O)CN1C(=O)C1(C(F)(F)F)CC1. The average Bonchev–Trinajstić information content (AvgIpc) is 3.12. The number of alkyl halides is 3. The summed E-state index contributed by atoms with van der Waals surface area (Å²) < 4.78 is 70.8. The molecule has 2 aliphatic rings. The lowest BCUT2D eigenvalue weighted by Crippen LogP contribution is -2.49. The van der Waals surface area contributed by atoms with Crippen LogP contribution in [0.25, 0.3) is 0 Å². The van der Waals surface area contributed by atoms with E-state index in [0.29, 0.717) is 0 Å². The van der Waals surface area contributed by atoms with E-state index >= 15 is 0 Å². The van der Waals surface area contributed by atoms with Crippen molar-refractivity contribution < 1.29 is 40.1 Å². The van der Waals surface area contributed by atoms with E-state index in [2.05, 4.69) is 4.74 Å². The molecule has 1 aliphatic carbocycles. The van der Waals surface area contributed by atoms with Crippen molar-refractivity contribution >= 4 is 22.0 Å². The number of carbonyl (C=O) groups is 2. The van der Waals surface area contributed by atoms with Gasteiger partial charge in [-0.15, -0.1) is 0 Å². The lowest BCUT2D eigenvalue weighted by Gasteiger charge is -2.28. The van der Waals surface area contributed by atoms with Crippen molar-refractivity contribution in [1.82, 2.24) is 4.90 Å². The number of hydrogen-bond acceptors (Lipinski definition) is 6. The summed E-state index contributed by atoms with van der Waals surface area (Å²) in [5.41, 5.74) is -2.49. The number of carbonyl (C=O) groups excluding carboxylic acids is 2. The summed E-state index contributed by atoms with van der Waals surface area (Å²) in [5.74, 6) is -2.14. The van der Waals surface area contributed by atoms with Crippen LogP contribution in [0.4, 0.5) is 13.2 Å². The number of amides is 1. The zero-order valence-electron chi connectivity index (χ0n) is 12.4. The van der Waals surface area contributed by atoms with Crippen LogP contribution in [0.5, 0.6) is 0 Å². The third-order valence-corrected chi connectivity index (χ3v) is 4.63. The third-order valence-electron chi connectivity index (χ3n) is 4.01. The summed E-state index contributed by atoms with van der Waals surface area (Å²) in [6.07, 6.45) is -5.96. The van der Waals surface area contributed by atoms with Crippen molar-refractivity contribution in [3.63, 3.8) is 0 Å². The van der Waals surface area contributed by atoms with Gasteiger partial charge in [-0.25, -0.2) is 4.79 Å². The topological polar surface area (TPSA) is 90.0 Å². The molecule has 2 fully saturated rings. The van der Waals surface area contributed by atoms with E-state index in [1.807, 2.05) is 0 Å². The first-order valence-electron chi connectivity index (χ1n) is 6.75. The van der Waals surface area contributed by atoms with Gasteiger partial charge in [0.2, 0.25) is 5.91 Å². The Kier molecular flexibility index (Phi) is 4.39. The molecular formula is C12H16F3NO6S. The number of halogens is 3. The van der Waals surface area contributed by atoms with E-state index in [1.54, 1.807) is 0 Å². The summed E-state index contributed by atoms with van der Waals surface area (Å²) in [4.78, 5) is 24.8. The second-order valence-corrected chi connectivity index (χ2v) is 7.34. The van der Waals surface area contributed by atoms with Gasteiger partial charge >= 0.3 is 12.1 Å². The Morgan fingerprint density at radius 2 is 1.83 bits per heavy atom. The van der Waals surface area contributed by atoms with E-state index in [0.717, 1.165) is 18.3 Å². The Morgan fingerprint density at radius 3 is 2.22 bits per heavy atom. The summed E-state index contributed by atoms with van der Waals surface area (Å²) >= 11 is 0. The van der Waals surface area contributed by atoms with E-state index in [1.165, 1.54) is 0 Å². The third kappa shape index (κ3) is 3.44. The Hall–Kier alpha value is -1.36. The zero-order valence-corrected chi connectivity index (χ0v) is 13.2. The van der Waals surface area contributed by atoms with Crippen molar-refractivity contribution in [2.45, 2.75) is 37.6 Å². The van der Waals surface area contributed by atoms with Crippen molar-refractivity contribution in [1.29, 1.82) is 0 Å². The molecule has 2 rings (SSSR count). The van der Waals surface area contributed by atoms with Gasteiger partial charge in [-0.1, -0.05) is 0 Å². The van der Waals surface area contributed by atoms with Crippen LogP contribution in [0.1, 0.15) is 19.3 Å². The van der Waals surface area contributed by atoms with Gasteiger partial charge in [-0.3, -0.25) is 8.98 Å². The summed E-state index contributed by atoms with van der Waals surface area (Å²) in [6, 6.07) is -1.29. The van der Waals surface area contributed by atoms with Gasteiger partial charge in [0.15, 0.2) is 0 Å². The maximum Gasteiger partial charge on any atom is 0.403 e. The number of methoxy groups -OCH3 is 1. The molecule has 2 atom stereocenters. The van der Waals surface area contributed by atoms with Crippen molar-refractivity contribution in [2.24, 2.45) is 5.41 Å². The Labute approximate surface area is 130 Å². The highest BCUT2D eigenvalue weighted by Gasteiger charge is 2.70. The molecule has 1 amide bonds. The highest BCUT2D eigenvalue weighted by Crippen LogP contribution is 2.59. The first kappa shape index (κ1) is 18.0. The molecule has 0 aromatic carbocycles. The molecule has 0 unspecified atom stereocenters. The van der Waals surface area contributed by atoms with Crippen molar-refractivity contribution in [2.75, 3.05) is 19.9 Å². The number of nitrogens with zero attached hydrogens (tertiary/aromatic N) is 1. The van der Waals surface area contributed by atoms with E-state index in [9.17, 15) is 31.2 Å². The first-order valence-corrected chi connectivity index (χ1v) is 8.57. The smallest absolute Gasteiger partial charge is 0.403 e. The van der Waals surface area contributed by atoms with Crippen LogP contribution in [0, 0.1) is 5.41 Å². The minimum atomic E-state index is -4.72. The molecule has 23 heavy (non-hydrogen) atoms. The number of ether oxygens (including phenoxy) is 1. The van der Waals surface area contributed by atoms with Gasteiger partial charge in [0.05, 0.1) is 19.5 Å². The fourth-order valence-electron chi connectivity index (χ4n) is 2.72. The van der Waals surface area contributed by atoms with Gasteiger partial charge in [-0.2, -0.15) is 21.6 Å². The lowest BCUT2D eigenvalue weighted by atomic mass is 10.0. The monoisotopic (exact) mass is 359 g/mol. The highest BCUT2D eigenvalue weighted by atomic mass is 32.2. The number of likely N-dealkylation sites (tertiary alicyclic amines) is 1. The Balaban J connectivity index is 2.24. The molecule has 0 N–H and O–H groups in total. The molecule has 1 heterocycles. The van der Waals surface area contributed by atoms with Crippen LogP contribution in [0.2, 0.25) is 0 Å². The molecule has 0 radical (unpaired) electrons. The largest absolute Gasteiger partial charge is 0.467 e. The lowest BCUT2D eigenvalue weighted by molar-refractivity contribution is -0.200. The van der Waals surface area contributed by atoms with Crippen molar-refractivity contribution in [3.8, 4) is 0 Å². The van der Waals surface area contributed by atoms with Crippen LogP contribution < -0.4 is 0 Å². The molecular weight excluding hydrogens is 343 g/mol. The van der Waals surface area contributed by atoms with E-state index in [-0.39, 0.29) is 19.3 Å². The molecule has 1 aliphatic heterocycles. The number of esters is 1. The predicted molar refractivity (Wildman–Crippen MR) is 69.6 cm³/mol. The quantitative estimate of drug-likeness (QED) is 0.535. The first-order chi connectivity index (χ1) is 10.4. The summed E-state index contributed by atoms with van der Waals surface area (Å²) in [7, 11) is -2.84. The van der Waals surface area contributed by atoms with Gasteiger partial charge in [0.1, 0.15) is 11.5 Å². The molecule has 1 saturated heterocycles. The summed E-state index contributed by atoms with van der Waals surface area (Å²) in [6.45, 7) is -0.413. The van der Waals surface area contributed by atoms with E-state index in [4.69, 9.17) is 4.18 Å². The van der Waals surface area contributed by atoms with Gasteiger partial charge in [0.25, 0.3) is 10.1 Å². The molecule has 0 bridgehead atoms. The van der Waals surface area contributed by atoms with Gasteiger partial charge < -0.3 is 9.64 Å². The molecule has 0 spiro atoms. The second kappa shape index (κ2) is 5.62. The maximum absolute atomic E-state index is 13.1. The average molecular weight is 359 g/mol. The van der Waals surface area contributed by atoms with Gasteiger partial charge in [-0.05, 0) is 12.8 Å². The van der Waals surface area contributed by atoms with Crippen LogP contribution in [0.3, 0.4) is 0 Å². The molecule has 11 heteroatoms. The second-order valence-electron chi connectivity index (χ2n) is 5.73. The molecule has 7 nitrogen and oxygen atoms in total. The molecule has 0 aromatic heterocycles. The van der Waals surface area contributed by atoms with Crippen LogP contribution in [0.15, 0.2) is 0 Å². The predicted octanol–water partition coefficient (Wildman–Crippen LogP) is 0.448. The normalized spacial score (nSPS) is 26.9. The zero-order chi connectivity index (χ0) is 17.6. The molecule has 132 valence electrons. The molecule has 1 saturated carbocycles. The standard InChI is InChI=1S/C12H16F3NO6S/c1-21-9(17)8-5-7(22-23(2,19)20)6-16(8)10(18)11(3-4-11)12(13,14)15/h7-8H,3-6H2,1-2H3/t7-,8+/m1/s1. The Morgan fingerprint density at radius 1 is 1.26 bits per heavy atom.